The zero-order valence-corrected chi connectivity index (χ0v) is 13.4. The Kier molecular flexibility index (Phi) is 8.15. The number of rotatable bonds is 6. The Balaban J connectivity index is 0.00000220. The second-order valence-corrected chi connectivity index (χ2v) is 5.47. The van der Waals surface area contributed by atoms with E-state index in [9.17, 15) is 8.78 Å². The first-order valence-electron chi connectivity index (χ1n) is 7.62. The lowest BCUT2D eigenvalue weighted by molar-refractivity contribution is 0.162. The van der Waals surface area contributed by atoms with Crippen LogP contribution in [0.15, 0.2) is 18.2 Å². The molecule has 1 heterocycles. The van der Waals surface area contributed by atoms with Crippen LogP contribution < -0.4 is 5.32 Å². The number of piperazine rings is 1. The van der Waals surface area contributed by atoms with Crippen molar-refractivity contribution in [2.45, 2.75) is 38.6 Å². The van der Waals surface area contributed by atoms with Crippen molar-refractivity contribution in [2.24, 2.45) is 0 Å². The summed E-state index contributed by atoms with van der Waals surface area (Å²) in [7, 11) is 0. The van der Waals surface area contributed by atoms with E-state index in [1.807, 2.05) is 0 Å². The third kappa shape index (κ3) is 5.20. The van der Waals surface area contributed by atoms with Gasteiger partial charge in [0.25, 0.3) is 0 Å². The number of hydrogen-bond donors (Lipinski definition) is 1. The van der Waals surface area contributed by atoms with Gasteiger partial charge in [-0.1, -0.05) is 32.3 Å². The number of nitrogens with zero attached hydrogens (tertiary/aromatic N) is 1. The highest BCUT2D eigenvalue weighted by atomic mass is 35.5. The number of hydrogen-bond acceptors (Lipinski definition) is 2. The van der Waals surface area contributed by atoms with Crippen LogP contribution in [0.3, 0.4) is 0 Å². The molecule has 2 rings (SSSR count). The van der Waals surface area contributed by atoms with Crippen molar-refractivity contribution in [3.63, 3.8) is 0 Å². The summed E-state index contributed by atoms with van der Waals surface area (Å²) < 4.78 is 26.6. The van der Waals surface area contributed by atoms with E-state index in [1.165, 1.54) is 25.0 Å². The molecule has 0 aliphatic carbocycles. The molecule has 0 saturated carbocycles. The van der Waals surface area contributed by atoms with Gasteiger partial charge in [0.2, 0.25) is 0 Å². The Hall–Kier alpha value is -0.710. The second-order valence-electron chi connectivity index (χ2n) is 5.47. The van der Waals surface area contributed by atoms with Crippen molar-refractivity contribution in [3.05, 3.63) is 35.4 Å². The molecule has 1 aromatic rings. The smallest absolute Gasteiger partial charge is 0.159 e. The molecule has 2 nitrogen and oxygen atoms in total. The molecular weight excluding hydrogens is 294 g/mol. The van der Waals surface area contributed by atoms with E-state index in [0.29, 0.717) is 0 Å². The lowest BCUT2D eigenvalue weighted by Crippen LogP contribution is -2.45. The summed E-state index contributed by atoms with van der Waals surface area (Å²) in [6, 6.07) is 4.56. The van der Waals surface area contributed by atoms with Gasteiger partial charge in [-0.2, -0.15) is 0 Å². The van der Waals surface area contributed by atoms with Crippen LogP contribution >= 0.6 is 12.4 Å². The molecule has 1 aliphatic heterocycles. The minimum absolute atomic E-state index is 0. The van der Waals surface area contributed by atoms with Crippen LogP contribution in [0, 0.1) is 11.6 Å². The van der Waals surface area contributed by atoms with Crippen LogP contribution in [-0.4, -0.2) is 31.1 Å². The Morgan fingerprint density at radius 2 is 1.86 bits per heavy atom. The first-order valence-corrected chi connectivity index (χ1v) is 7.62. The van der Waals surface area contributed by atoms with Crippen molar-refractivity contribution in [3.8, 4) is 0 Å². The van der Waals surface area contributed by atoms with Gasteiger partial charge in [-0.05, 0) is 24.1 Å². The predicted octanol–water partition coefficient (Wildman–Crippen LogP) is 3.91. The number of halogens is 3. The highest BCUT2D eigenvalue weighted by molar-refractivity contribution is 5.85. The maximum Gasteiger partial charge on any atom is 0.159 e. The van der Waals surface area contributed by atoms with Gasteiger partial charge in [0.05, 0.1) is 0 Å². The highest BCUT2D eigenvalue weighted by Crippen LogP contribution is 2.28. The number of unbranched alkanes of at least 4 members (excludes halogenated alkanes) is 2. The summed E-state index contributed by atoms with van der Waals surface area (Å²) in [5, 5.41) is 3.33. The van der Waals surface area contributed by atoms with E-state index < -0.39 is 11.6 Å². The minimum Gasteiger partial charge on any atom is -0.314 e. The molecule has 5 heteroatoms. The van der Waals surface area contributed by atoms with E-state index in [1.54, 1.807) is 6.07 Å². The van der Waals surface area contributed by atoms with Crippen LogP contribution in [0.4, 0.5) is 8.78 Å². The lowest BCUT2D eigenvalue weighted by Gasteiger charge is -2.35. The summed E-state index contributed by atoms with van der Waals surface area (Å²) >= 11 is 0. The van der Waals surface area contributed by atoms with E-state index in [2.05, 4.69) is 17.1 Å². The molecule has 1 N–H and O–H groups in total. The third-order valence-electron chi connectivity index (χ3n) is 4.00. The zero-order chi connectivity index (χ0) is 14.4. The summed E-state index contributed by atoms with van der Waals surface area (Å²) in [6.45, 7) is 6.05. The van der Waals surface area contributed by atoms with Crippen molar-refractivity contribution < 1.29 is 8.78 Å². The monoisotopic (exact) mass is 318 g/mol. The fourth-order valence-electron chi connectivity index (χ4n) is 2.86. The van der Waals surface area contributed by atoms with Gasteiger partial charge < -0.3 is 5.32 Å². The highest BCUT2D eigenvalue weighted by Gasteiger charge is 2.22. The van der Waals surface area contributed by atoms with Gasteiger partial charge in [-0.25, -0.2) is 8.78 Å². The molecule has 120 valence electrons. The van der Waals surface area contributed by atoms with Crippen LogP contribution in [0.25, 0.3) is 0 Å². The summed E-state index contributed by atoms with van der Waals surface area (Å²) in [5.74, 6) is -1.50. The van der Waals surface area contributed by atoms with Gasteiger partial charge >= 0.3 is 0 Å². The molecule has 0 spiro atoms. The molecule has 0 radical (unpaired) electrons. The fourth-order valence-corrected chi connectivity index (χ4v) is 2.86. The van der Waals surface area contributed by atoms with Crippen LogP contribution in [0.1, 0.15) is 44.2 Å². The van der Waals surface area contributed by atoms with Crippen LogP contribution in [0.5, 0.6) is 0 Å². The van der Waals surface area contributed by atoms with E-state index in [4.69, 9.17) is 0 Å². The van der Waals surface area contributed by atoms with E-state index in [0.717, 1.165) is 44.6 Å². The van der Waals surface area contributed by atoms with Gasteiger partial charge in [-0.3, -0.25) is 4.90 Å². The van der Waals surface area contributed by atoms with Crippen LogP contribution in [-0.2, 0) is 0 Å². The van der Waals surface area contributed by atoms with Gasteiger partial charge in [0, 0.05) is 32.2 Å². The summed E-state index contributed by atoms with van der Waals surface area (Å²) in [5.41, 5.74) is 0.905. The van der Waals surface area contributed by atoms with Gasteiger partial charge in [0.15, 0.2) is 11.6 Å². The Labute approximate surface area is 132 Å². The van der Waals surface area contributed by atoms with Crippen molar-refractivity contribution in [2.75, 3.05) is 26.2 Å². The average molecular weight is 319 g/mol. The summed E-state index contributed by atoms with van der Waals surface area (Å²) in [4.78, 5) is 2.39. The molecule has 0 bridgehead atoms. The van der Waals surface area contributed by atoms with Crippen LogP contribution in [0.2, 0.25) is 0 Å². The number of benzene rings is 1. The normalized spacial score (nSPS) is 17.3. The Bertz CT molecular complexity index is 423. The van der Waals surface area contributed by atoms with Gasteiger partial charge in [-0.15, -0.1) is 12.4 Å². The SMILES string of the molecule is CCCCC[C@H](c1ccc(F)c(F)c1)N1CCNCC1.Cl. The molecule has 0 amide bonds. The first-order chi connectivity index (χ1) is 9.72. The third-order valence-corrected chi connectivity index (χ3v) is 4.00. The standard InChI is InChI=1S/C16H24F2N2.ClH/c1-2-3-4-5-16(20-10-8-19-9-11-20)13-6-7-14(17)15(18)12-13;/h6-7,12,16,19H,2-5,8-11H2,1H3;1H/t16-;/m1./s1. The zero-order valence-electron chi connectivity index (χ0n) is 12.6. The molecule has 1 atom stereocenters. The predicted molar refractivity (Wildman–Crippen MR) is 84.9 cm³/mol. The molecule has 0 aromatic heterocycles. The fraction of sp³-hybridized carbons (Fsp3) is 0.625. The van der Waals surface area contributed by atoms with Gasteiger partial charge in [0.1, 0.15) is 0 Å². The first kappa shape index (κ1) is 18.3. The van der Waals surface area contributed by atoms with Crippen molar-refractivity contribution >= 4 is 12.4 Å². The molecule has 1 fully saturated rings. The molecule has 0 unspecified atom stereocenters. The summed E-state index contributed by atoms with van der Waals surface area (Å²) in [6.07, 6.45) is 4.50. The maximum atomic E-state index is 13.5. The molecule has 1 aliphatic rings. The largest absolute Gasteiger partial charge is 0.314 e. The Morgan fingerprint density at radius 3 is 2.48 bits per heavy atom. The van der Waals surface area contributed by atoms with E-state index >= 15 is 0 Å². The second kappa shape index (κ2) is 9.34. The van der Waals surface area contributed by atoms with Crippen molar-refractivity contribution in [1.29, 1.82) is 0 Å². The lowest BCUT2D eigenvalue weighted by atomic mass is 9.98. The average Bonchev–Trinajstić information content (AvgIpc) is 2.48. The topological polar surface area (TPSA) is 15.3 Å². The molecule has 21 heavy (non-hydrogen) atoms. The molecule has 1 saturated heterocycles. The quantitative estimate of drug-likeness (QED) is 0.800. The minimum atomic E-state index is -0.763. The Morgan fingerprint density at radius 1 is 1.14 bits per heavy atom. The molecular formula is C16H25ClF2N2. The number of nitrogens with one attached hydrogen (secondary N) is 1. The van der Waals surface area contributed by atoms with E-state index in [-0.39, 0.29) is 18.4 Å². The van der Waals surface area contributed by atoms with Crippen molar-refractivity contribution in [1.82, 2.24) is 10.2 Å². The maximum absolute atomic E-state index is 13.5. The molecule has 1 aromatic carbocycles.